The van der Waals surface area contributed by atoms with Gasteiger partial charge in [-0.15, -0.1) is 0 Å². The quantitative estimate of drug-likeness (QED) is 0.0154. The molecule has 9 N–H and O–H groups in total. The summed E-state index contributed by atoms with van der Waals surface area (Å²) in [5.74, 6) is -0.722. The zero-order valence-corrected chi connectivity index (χ0v) is 88.5. The molecule has 4 rings (SSSR count). The van der Waals surface area contributed by atoms with Gasteiger partial charge in [0.25, 0.3) is 0 Å². The number of hydrogen-bond donors (Lipinski definition) is 10. The summed E-state index contributed by atoms with van der Waals surface area (Å²) >= 11 is 4.14. The van der Waals surface area contributed by atoms with Gasteiger partial charge in [-0.25, -0.2) is 24.0 Å². The molecule has 43 heteroatoms. The molecule has 0 aromatic heterocycles. The molecule has 0 aromatic rings. The topological polar surface area (TPSA) is 472 Å². The number of thiol groups is 1. The van der Waals surface area contributed by atoms with E-state index in [1.165, 1.54) is 127 Å². The molecule has 0 saturated carbocycles. The first kappa shape index (κ1) is 127. The highest BCUT2D eigenvalue weighted by Gasteiger charge is 2.39. The largest absolute Gasteiger partial charge is 0.857 e. The van der Waals surface area contributed by atoms with E-state index in [0.29, 0.717) is 78.6 Å². The fourth-order valence-electron chi connectivity index (χ4n) is 12.4. The van der Waals surface area contributed by atoms with E-state index in [2.05, 4.69) is 33.9 Å². The zero-order valence-electron chi connectivity index (χ0n) is 77.8. The minimum atomic E-state index is -1.11. The Labute approximate surface area is 812 Å². The fraction of sp³-hybridized carbons (Fsp3) is 0.800. The fourth-order valence-corrected chi connectivity index (χ4v) is 30.2. The second-order valence-corrected chi connectivity index (χ2v) is 49.1. The molecule has 0 bridgehead atoms. The summed E-state index contributed by atoms with van der Waals surface area (Å²) < 4.78 is 0. The number of carbonyl (C=O) groups is 17. The van der Waals surface area contributed by atoms with Crippen LogP contribution in [0.4, 0.5) is 0 Å². The number of carbonyl (C=O) groups excluding carboxylic acids is 12. The summed E-state index contributed by atoms with van der Waals surface area (Å²) in [5.41, 5.74) is 0. The van der Waals surface area contributed by atoms with Crippen molar-refractivity contribution in [2.45, 2.75) is 298 Å². The van der Waals surface area contributed by atoms with Crippen LogP contribution in [0.2, 0.25) is 0 Å². The lowest BCUT2D eigenvalue weighted by Gasteiger charge is -2.27. The minimum Gasteiger partial charge on any atom is -0.857 e. The van der Waals surface area contributed by atoms with Crippen molar-refractivity contribution in [3.63, 3.8) is 0 Å². The Morgan fingerprint density at radius 3 is 1.02 bits per heavy atom. The minimum absolute atomic E-state index is 0.00436. The van der Waals surface area contributed by atoms with E-state index in [0.717, 1.165) is 102 Å². The molecule has 0 aromatic carbocycles. The van der Waals surface area contributed by atoms with Crippen molar-refractivity contribution in [3.05, 3.63) is 0 Å². The summed E-state index contributed by atoms with van der Waals surface area (Å²) in [7, 11) is 19.8. The Morgan fingerprint density at radius 2 is 0.695 bits per heavy atom. The number of Topliss-reactive ketones (excluding diaryl/α,β-unsaturated/α-hetero) is 5. The Morgan fingerprint density at radius 1 is 0.383 bits per heavy atom. The van der Waals surface area contributed by atoms with Gasteiger partial charge >= 0.3 is 29.8 Å². The van der Waals surface area contributed by atoms with Crippen molar-refractivity contribution in [1.29, 1.82) is 0 Å². The van der Waals surface area contributed by atoms with Crippen LogP contribution in [0, 0.1) is 47.3 Å². The molecule has 4 aliphatic heterocycles. The number of amides is 7. The monoisotopic (exact) mass is 2050 g/mol. The van der Waals surface area contributed by atoms with Crippen molar-refractivity contribution in [2.24, 2.45) is 47.3 Å². The average Bonchev–Trinajstić information content (AvgIpc) is 1.68. The van der Waals surface area contributed by atoms with Gasteiger partial charge in [0.05, 0.1) is 12.1 Å². The van der Waals surface area contributed by atoms with Crippen LogP contribution in [-0.4, -0.2) is 283 Å². The number of carboxylic acids is 5. The lowest BCUT2D eigenvalue weighted by atomic mass is 9.99. The molecule has 4 saturated heterocycles. The molecule has 30 nitrogen and oxygen atoms in total. The Hall–Kier alpha value is -3.50. The maximum atomic E-state index is 12.9. The average molecular weight is 2050 g/mol. The molecule has 0 radical (unpaired) electrons. The standard InChI is InChI=1S/C28H46N2O7S4.C20H34N2O7S4.C13H22N2O5S2.C12H21NO2S.C11H20OS2.CH3O/c1-18(2)24(31)12-6-5-9-21(41-40-16-20(4)26(33)30-14-8-11-23(30)28(36)37)17-39-38-15-19(3)25(32)29-13-7-10-22(29)27(34)35;1-12(2)18(25)8-6-5-7-15(33-32-11-17(20(28)29)22-14(4)24)9-30-31-10-16(19(26)27)21-13(3)23;1-7(2)12(18)10(14-8(3)16)5-21-22-6-11(13(19)20)15-9(4)17;1-8(2)11(14)10-5-4-6-13(10)12(15)9(3)7-16;1-9(2)11(12)6-4-3-5-10-7-8-13-14-10;1-2/h18-23H,5-17H2,1-4H3,(H,34,35)(H,36,37);12,15-17H,5-11H2,1-4H3,(H,21,23)(H,22,24)(H,26,27)(H,28,29);7,10-11H,5-6H2,1-4H3,(H,14,16)(H,15,17)(H,19,20);8-10,16H,4-7H2,1-3H3;9-10H,3-8H2,1-2H3;1H3/q;;;;;-1. The van der Waals surface area contributed by atoms with Gasteiger partial charge in [-0.05, 0) is 83.5 Å². The maximum Gasteiger partial charge on any atom is 0.327 e. The number of likely N-dealkylation sites (tertiary alicyclic amines) is 3. The number of ketones is 5. The molecule has 4 aliphatic rings. The number of aliphatic carboxylic acids is 5. The summed E-state index contributed by atoms with van der Waals surface area (Å²) in [5, 5.41) is 65.5. The van der Waals surface area contributed by atoms with Crippen LogP contribution in [0.15, 0.2) is 0 Å². The normalized spacial score (nSPS) is 17.9. The van der Waals surface area contributed by atoms with Crippen molar-refractivity contribution < 1.29 is 112 Å². The van der Waals surface area contributed by atoms with E-state index < -0.39 is 83.8 Å². The van der Waals surface area contributed by atoms with E-state index in [-0.39, 0.29) is 123 Å². The highest BCUT2D eigenvalue weighted by Crippen LogP contribution is 2.41. The predicted octanol–water partition coefficient (Wildman–Crippen LogP) is 13.8. The van der Waals surface area contributed by atoms with E-state index >= 15 is 0 Å². The number of nitrogens with zero attached hydrogens (tertiary/aromatic N) is 3. The van der Waals surface area contributed by atoms with E-state index in [1.807, 2.05) is 97.7 Å². The van der Waals surface area contributed by atoms with Crippen LogP contribution in [-0.2, 0) is 81.5 Å². The van der Waals surface area contributed by atoms with Gasteiger partial charge in [0, 0.05) is 187 Å². The predicted molar refractivity (Wildman–Crippen MR) is 536 cm³/mol. The third-order valence-corrected chi connectivity index (χ3v) is 37.5. The van der Waals surface area contributed by atoms with Gasteiger partial charge in [-0.3, -0.25) is 57.5 Å². The van der Waals surface area contributed by atoms with Gasteiger partial charge in [0.15, 0.2) is 11.6 Å². The third kappa shape index (κ3) is 57.4. The molecule has 128 heavy (non-hydrogen) atoms. The maximum absolute atomic E-state index is 12.9. The zero-order chi connectivity index (χ0) is 97.9. The van der Waals surface area contributed by atoms with Gasteiger partial charge < -0.3 is 66.6 Å². The first-order valence-corrected chi connectivity index (χ1v) is 58.8. The summed E-state index contributed by atoms with van der Waals surface area (Å²) in [6.45, 7) is 31.3. The van der Waals surface area contributed by atoms with Crippen LogP contribution >= 0.6 is 142 Å². The van der Waals surface area contributed by atoms with Crippen LogP contribution in [0.3, 0.4) is 0 Å². The van der Waals surface area contributed by atoms with Crippen LogP contribution in [0.1, 0.15) is 240 Å². The SMILES string of the molecule is CC(=O)NC(CSSCC(CCCCC(=O)C(C)C)SSCC(NC(C)=O)C(=O)O)C(=O)O.CC(=O)NC(CSSCC(NC(C)=O)C(=O)C(C)C)C(=O)O.CC(C)C(=O)C1CCCN1C(=O)C(C)CS.CC(C)C(=O)CCCCC(CSSCC(C)C(=O)N1CCCC1C(=O)O)SSCC(C)C(=O)N1CCCC1C(=O)O.CC(C)C(=O)CCCCC1CCSS1.C[O-]. The molecule has 4 heterocycles. The van der Waals surface area contributed by atoms with Crippen LogP contribution in [0.5, 0.6) is 0 Å². The van der Waals surface area contributed by atoms with Gasteiger partial charge in [0.1, 0.15) is 47.6 Å². The first-order valence-electron chi connectivity index (χ1n) is 43.6. The summed E-state index contributed by atoms with van der Waals surface area (Å²) in [4.78, 5) is 202. The summed E-state index contributed by atoms with van der Waals surface area (Å²) in [6, 6.07) is -5.12. The first-order chi connectivity index (χ1) is 60.2. The smallest absolute Gasteiger partial charge is 0.327 e. The molecule has 4 fully saturated rings. The number of nitrogens with one attached hydrogen (secondary N) is 4. The van der Waals surface area contributed by atoms with Crippen LogP contribution < -0.4 is 26.4 Å². The Kier molecular flexibility index (Phi) is 72.9. The number of carboxylic acid groups (broad SMARTS) is 5. The lowest BCUT2D eigenvalue weighted by molar-refractivity contribution is -0.325. The van der Waals surface area contributed by atoms with E-state index in [4.69, 9.17) is 10.2 Å². The second-order valence-electron chi connectivity index (χ2n) is 32.9. The number of hydrogen-bond acceptors (Lipinski definition) is 31. The number of rotatable bonds is 58. The molecule has 738 valence electrons. The van der Waals surface area contributed by atoms with Gasteiger partial charge in [0.2, 0.25) is 41.4 Å². The van der Waals surface area contributed by atoms with Crippen molar-refractivity contribution in [1.82, 2.24) is 36.0 Å². The molecule has 13 unspecified atom stereocenters. The Bertz CT molecular complexity index is 3390. The molecule has 7 amide bonds. The van der Waals surface area contributed by atoms with E-state index in [9.17, 15) is 102 Å². The molecular weight excluding hydrogens is 1900 g/mol. The number of unbranched alkanes of at least 4 members (excludes halogenated alkanes) is 3. The molecule has 0 aliphatic carbocycles. The van der Waals surface area contributed by atoms with E-state index in [1.54, 1.807) is 61.9 Å². The van der Waals surface area contributed by atoms with Gasteiger partial charge in [-0.2, -0.15) is 19.7 Å². The summed E-state index contributed by atoms with van der Waals surface area (Å²) in [6.07, 6.45) is 16.3. The van der Waals surface area contributed by atoms with Gasteiger partial charge in [-0.1, -0.05) is 239 Å². The molecular formula is C85H146N7O23S13-. The van der Waals surface area contributed by atoms with Crippen molar-refractivity contribution in [2.75, 3.05) is 84.3 Å². The highest BCUT2D eigenvalue weighted by atomic mass is 33.1. The highest BCUT2D eigenvalue weighted by molar-refractivity contribution is 8.79. The Balaban J connectivity index is 0. The second kappa shape index (κ2) is 73.8. The van der Waals surface area contributed by atoms with Crippen LogP contribution in [0.25, 0.3) is 0 Å². The lowest BCUT2D eigenvalue weighted by Crippen LogP contribution is -2.44. The van der Waals surface area contributed by atoms with Crippen molar-refractivity contribution >= 4 is 242 Å². The van der Waals surface area contributed by atoms with Crippen molar-refractivity contribution in [3.8, 4) is 0 Å². The molecule has 13 atom stereocenters. The molecule has 0 spiro atoms. The third-order valence-electron chi connectivity index (χ3n) is 19.9.